The summed E-state index contributed by atoms with van der Waals surface area (Å²) in [5.41, 5.74) is 1.09. The van der Waals surface area contributed by atoms with E-state index in [4.69, 9.17) is 16.3 Å². The predicted molar refractivity (Wildman–Crippen MR) is 115 cm³/mol. The van der Waals surface area contributed by atoms with E-state index < -0.39 is 0 Å². The van der Waals surface area contributed by atoms with Gasteiger partial charge in [0.15, 0.2) is 5.78 Å². The van der Waals surface area contributed by atoms with E-state index in [0.717, 1.165) is 0 Å². The lowest BCUT2D eigenvalue weighted by atomic mass is 10.2. The molecule has 1 aromatic carbocycles. The number of rotatable bonds is 9. The van der Waals surface area contributed by atoms with Gasteiger partial charge >= 0.3 is 0 Å². The summed E-state index contributed by atoms with van der Waals surface area (Å²) in [6.45, 7) is -0.0144. The largest absolute Gasteiger partial charge is 0.497 e. The van der Waals surface area contributed by atoms with Crippen LogP contribution < -0.4 is 15.4 Å². The second-order valence-electron chi connectivity index (χ2n) is 6.28. The standard InChI is InChI=1S/C20H19ClN4O4S/c1-29-15-4-2-13(3-5-15)23-20(28)12-25-11-14(10-22-25)24-19(27)9-6-16(26)17-7-8-18(21)30-17/h2-5,7-8,10-11H,6,9,12H2,1H3,(H,23,28)(H,24,27). The monoisotopic (exact) mass is 446 g/mol. The van der Waals surface area contributed by atoms with Crippen LogP contribution in [0.2, 0.25) is 4.34 Å². The molecule has 0 aliphatic carbocycles. The van der Waals surface area contributed by atoms with Crippen LogP contribution in [0.4, 0.5) is 11.4 Å². The number of carbonyl (C=O) groups excluding carboxylic acids is 3. The van der Waals surface area contributed by atoms with Gasteiger partial charge in [-0.1, -0.05) is 11.6 Å². The molecule has 0 saturated heterocycles. The number of ketones is 1. The first kappa shape index (κ1) is 21.5. The van der Waals surface area contributed by atoms with Crippen molar-refractivity contribution < 1.29 is 19.1 Å². The lowest BCUT2D eigenvalue weighted by Crippen LogP contribution is -2.19. The Morgan fingerprint density at radius 1 is 1.03 bits per heavy atom. The quantitative estimate of drug-likeness (QED) is 0.486. The Morgan fingerprint density at radius 2 is 1.77 bits per heavy atom. The SMILES string of the molecule is COc1ccc(NC(=O)Cn2cc(NC(=O)CCC(=O)c3ccc(Cl)s3)cn2)cc1. The normalized spacial score (nSPS) is 10.5. The molecule has 30 heavy (non-hydrogen) atoms. The number of Topliss-reactive ketones (excluding diaryl/α,β-unsaturated/α-hetero) is 1. The van der Waals surface area contributed by atoms with Gasteiger partial charge in [0.05, 0.1) is 28.2 Å². The van der Waals surface area contributed by atoms with Crippen molar-refractivity contribution in [3.63, 3.8) is 0 Å². The van der Waals surface area contributed by atoms with Gasteiger partial charge in [-0.2, -0.15) is 5.10 Å². The van der Waals surface area contributed by atoms with Crippen molar-refractivity contribution in [1.82, 2.24) is 9.78 Å². The fourth-order valence-electron chi connectivity index (χ4n) is 2.57. The average Bonchev–Trinajstić information content (AvgIpc) is 3.35. The highest BCUT2D eigenvalue weighted by molar-refractivity contribution is 7.18. The average molecular weight is 447 g/mol. The second kappa shape index (κ2) is 10.0. The van der Waals surface area contributed by atoms with Crippen LogP contribution in [-0.4, -0.2) is 34.5 Å². The highest BCUT2D eigenvalue weighted by atomic mass is 35.5. The third-order valence-corrected chi connectivity index (χ3v) is 5.30. The van der Waals surface area contributed by atoms with Gasteiger partial charge in [0.2, 0.25) is 11.8 Å². The van der Waals surface area contributed by atoms with E-state index in [0.29, 0.717) is 26.3 Å². The van der Waals surface area contributed by atoms with Crippen LogP contribution in [0.25, 0.3) is 0 Å². The first-order chi connectivity index (χ1) is 14.4. The number of thiophene rings is 1. The predicted octanol–water partition coefficient (Wildman–Crippen LogP) is 3.85. The summed E-state index contributed by atoms with van der Waals surface area (Å²) in [6.07, 6.45) is 3.12. The summed E-state index contributed by atoms with van der Waals surface area (Å²) in [6, 6.07) is 10.3. The number of anilines is 2. The molecule has 0 radical (unpaired) electrons. The lowest BCUT2D eigenvalue weighted by Gasteiger charge is -2.06. The number of methoxy groups -OCH3 is 1. The highest BCUT2D eigenvalue weighted by Gasteiger charge is 2.13. The molecule has 0 spiro atoms. The number of benzene rings is 1. The number of hydrogen-bond donors (Lipinski definition) is 2. The molecule has 156 valence electrons. The van der Waals surface area contributed by atoms with Crippen LogP contribution in [0.15, 0.2) is 48.8 Å². The number of nitrogens with one attached hydrogen (secondary N) is 2. The zero-order valence-corrected chi connectivity index (χ0v) is 17.6. The van der Waals surface area contributed by atoms with Gasteiger partial charge in [0.25, 0.3) is 0 Å². The van der Waals surface area contributed by atoms with Crippen molar-refractivity contribution in [2.75, 3.05) is 17.7 Å². The Kier molecular flexibility index (Phi) is 7.21. The first-order valence-electron chi connectivity index (χ1n) is 8.97. The minimum absolute atomic E-state index is 0.0144. The Labute approximate surface area is 181 Å². The summed E-state index contributed by atoms with van der Waals surface area (Å²) >= 11 is 7.00. The molecular formula is C20H19ClN4O4S. The van der Waals surface area contributed by atoms with Crippen molar-refractivity contribution in [3.05, 3.63) is 58.0 Å². The Bertz CT molecular complexity index is 1050. The van der Waals surface area contributed by atoms with E-state index >= 15 is 0 Å². The van der Waals surface area contributed by atoms with E-state index in [1.165, 1.54) is 22.2 Å². The van der Waals surface area contributed by atoms with Crippen LogP contribution in [0.3, 0.4) is 0 Å². The summed E-state index contributed by atoms with van der Waals surface area (Å²) in [7, 11) is 1.57. The van der Waals surface area contributed by atoms with Gasteiger partial charge in [-0.25, -0.2) is 0 Å². The molecule has 2 amide bonds. The maximum absolute atomic E-state index is 12.1. The van der Waals surface area contributed by atoms with Gasteiger partial charge < -0.3 is 15.4 Å². The van der Waals surface area contributed by atoms with Crippen molar-refractivity contribution in [2.45, 2.75) is 19.4 Å². The molecule has 0 saturated carbocycles. The molecule has 0 fully saturated rings. The van der Waals surface area contributed by atoms with Crippen LogP contribution in [0.1, 0.15) is 22.5 Å². The summed E-state index contributed by atoms with van der Waals surface area (Å²) < 4.78 is 7.02. The lowest BCUT2D eigenvalue weighted by molar-refractivity contribution is -0.117. The number of carbonyl (C=O) groups is 3. The maximum atomic E-state index is 12.1. The summed E-state index contributed by atoms with van der Waals surface area (Å²) in [5, 5.41) is 9.49. The zero-order chi connectivity index (χ0) is 21.5. The molecule has 2 N–H and O–H groups in total. The molecule has 8 nitrogen and oxygen atoms in total. The van der Waals surface area contributed by atoms with E-state index in [1.54, 1.807) is 49.7 Å². The number of nitrogens with zero attached hydrogens (tertiary/aromatic N) is 2. The molecule has 0 atom stereocenters. The molecule has 2 aromatic heterocycles. The molecule has 0 aliphatic rings. The van der Waals surface area contributed by atoms with Crippen molar-refractivity contribution in [3.8, 4) is 5.75 Å². The highest BCUT2D eigenvalue weighted by Crippen LogP contribution is 2.23. The molecule has 0 aliphatic heterocycles. The molecule has 0 unspecified atom stereocenters. The Hall–Kier alpha value is -3.17. The molecule has 0 bridgehead atoms. The van der Waals surface area contributed by atoms with E-state index in [1.807, 2.05) is 0 Å². The van der Waals surface area contributed by atoms with Gasteiger partial charge in [0, 0.05) is 24.7 Å². The van der Waals surface area contributed by atoms with Crippen LogP contribution in [0.5, 0.6) is 5.75 Å². The van der Waals surface area contributed by atoms with Crippen LogP contribution >= 0.6 is 22.9 Å². The van der Waals surface area contributed by atoms with Crippen LogP contribution in [0, 0.1) is 0 Å². The van der Waals surface area contributed by atoms with E-state index in [9.17, 15) is 14.4 Å². The number of hydrogen-bond acceptors (Lipinski definition) is 6. The molecule has 2 heterocycles. The third-order valence-electron chi connectivity index (χ3n) is 4.02. The van der Waals surface area contributed by atoms with Crippen molar-refractivity contribution >= 4 is 51.9 Å². The molecule has 10 heteroatoms. The smallest absolute Gasteiger partial charge is 0.246 e. The van der Waals surface area contributed by atoms with Gasteiger partial charge in [0.1, 0.15) is 12.3 Å². The van der Waals surface area contributed by atoms with Crippen molar-refractivity contribution in [1.29, 1.82) is 0 Å². The zero-order valence-electron chi connectivity index (χ0n) is 16.1. The van der Waals surface area contributed by atoms with Gasteiger partial charge in [-0.05, 0) is 36.4 Å². The number of aromatic nitrogens is 2. The minimum Gasteiger partial charge on any atom is -0.497 e. The van der Waals surface area contributed by atoms with E-state index in [2.05, 4.69) is 15.7 Å². The molecule has 3 rings (SSSR count). The summed E-state index contributed by atoms with van der Waals surface area (Å²) in [5.74, 6) is -0.0103. The van der Waals surface area contributed by atoms with Gasteiger partial charge in [-0.15, -0.1) is 11.3 Å². The number of ether oxygens (including phenoxy) is 1. The van der Waals surface area contributed by atoms with Crippen molar-refractivity contribution in [2.24, 2.45) is 0 Å². The Morgan fingerprint density at radius 3 is 2.43 bits per heavy atom. The fourth-order valence-corrected chi connectivity index (χ4v) is 3.58. The molecular weight excluding hydrogens is 428 g/mol. The van der Waals surface area contributed by atoms with Crippen LogP contribution in [-0.2, 0) is 16.1 Å². The topological polar surface area (TPSA) is 102 Å². The summed E-state index contributed by atoms with van der Waals surface area (Å²) in [4.78, 5) is 36.8. The number of amides is 2. The first-order valence-corrected chi connectivity index (χ1v) is 10.2. The number of halogens is 1. The Balaban J connectivity index is 1.45. The maximum Gasteiger partial charge on any atom is 0.246 e. The third kappa shape index (κ3) is 6.16. The fraction of sp³-hybridized carbons (Fsp3) is 0.200. The van der Waals surface area contributed by atoms with Gasteiger partial charge in [-0.3, -0.25) is 19.1 Å². The second-order valence-corrected chi connectivity index (χ2v) is 7.99. The minimum atomic E-state index is -0.312. The molecule has 3 aromatic rings. The van der Waals surface area contributed by atoms with E-state index in [-0.39, 0.29) is 37.0 Å².